The Bertz CT molecular complexity index is 483. The molecule has 4 N–H and O–H groups in total. The van der Waals surface area contributed by atoms with E-state index < -0.39 is 11.9 Å². The van der Waals surface area contributed by atoms with Crippen LogP contribution in [0, 0.1) is 0 Å². The molecule has 20 heavy (non-hydrogen) atoms. The Balaban J connectivity index is 0.00000361. The standard InChI is InChI=1S/C12H16ClN3O3.ClH/c1-7(17)15-8-3-4-9(13)11(5-8)16-12(18)10(14)6-19-2;/h3-5,10H,6,14H2,1-2H3,(H,15,17)(H,16,18);1H. The van der Waals surface area contributed by atoms with E-state index in [4.69, 9.17) is 22.1 Å². The lowest BCUT2D eigenvalue weighted by molar-refractivity contribution is -0.118. The number of anilines is 2. The smallest absolute Gasteiger partial charge is 0.243 e. The normalized spacial score (nSPS) is 11.2. The van der Waals surface area contributed by atoms with Gasteiger partial charge in [-0.3, -0.25) is 9.59 Å². The summed E-state index contributed by atoms with van der Waals surface area (Å²) in [5.41, 5.74) is 6.51. The van der Waals surface area contributed by atoms with Crippen LogP contribution in [0.3, 0.4) is 0 Å². The summed E-state index contributed by atoms with van der Waals surface area (Å²) in [6.45, 7) is 1.50. The fourth-order valence-corrected chi connectivity index (χ4v) is 1.55. The molecule has 0 aliphatic rings. The van der Waals surface area contributed by atoms with Crippen molar-refractivity contribution in [2.75, 3.05) is 24.4 Å². The molecule has 8 heteroatoms. The molecular weight excluding hydrogens is 305 g/mol. The zero-order valence-electron chi connectivity index (χ0n) is 11.1. The van der Waals surface area contributed by atoms with Crippen molar-refractivity contribution in [2.45, 2.75) is 13.0 Å². The summed E-state index contributed by atoms with van der Waals surface area (Å²) in [5, 5.41) is 5.53. The van der Waals surface area contributed by atoms with Crippen LogP contribution in [0.25, 0.3) is 0 Å². The molecule has 1 atom stereocenters. The first-order chi connectivity index (χ1) is 8.93. The molecule has 0 radical (unpaired) electrons. The van der Waals surface area contributed by atoms with Gasteiger partial charge in [0.2, 0.25) is 11.8 Å². The highest BCUT2D eigenvalue weighted by molar-refractivity contribution is 6.34. The van der Waals surface area contributed by atoms with Crippen LogP contribution >= 0.6 is 24.0 Å². The van der Waals surface area contributed by atoms with Crippen LogP contribution < -0.4 is 16.4 Å². The first kappa shape index (κ1) is 18.7. The Labute approximate surface area is 128 Å². The van der Waals surface area contributed by atoms with E-state index in [1.165, 1.54) is 14.0 Å². The van der Waals surface area contributed by atoms with E-state index in [1.54, 1.807) is 18.2 Å². The maximum absolute atomic E-state index is 11.7. The van der Waals surface area contributed by atoms with Gasteiger partial charge in [0.15, 0.2) is 0 Å². The first-order valence-corrected chi connectivity index (χ1v) is 5.94. The summed E-state index contributed by atoms with van der Waals surface area (Å²) in [7, 11) is 1.46. The summed E-state index contributed by atoms with van der Waals surface area (Å²) in [5.74, 6) is -0.626. The molecule has 6 nitrogen and oxygen atoms in total. The molecule has 0 saturated carbocycles. The minimum absolute atomic E-state index is 0. The molecule has 0 saturated heterocycles. The van der Waals surface area contributed by atoms with Gasteiger partial charge in [0.1, 0.15) is 6.04 Å². The van der Waals surface area contributed by atoms with Gasteiger partial charge in [-0.2, -0.15) is 0 Å². The molecule has 1 aromatic rings. The summed E-state index contributed by atoms with van der Waals surface area (Å²) in [4.78, 5) is 22.7. The summed E-state index contributed by atoms with van der Waals surface area (Å²) in [6, 6.07) is 3.98. The summed E-state index contributed by atoms with van der Waals surface area (Å²) >= 11 is 5.96. The number of methoxy groups -OCH3 is 1. The number of rotatable bonds is 5. The van der Waals surface area contributed by atoms with Gasteiger partial charge in [-0.15, -0.1) is 12.4 Å². The van der Waals surface area contributed by atoms with Crippen molar-refractivity contribution in [3.8, 4) is 0 Å². The second-order valence-electron chi connectivity index (χ2n) is 3.93. The third-order valence-electron chi connectivity index (χ3n) is 2.23. The molecule has 2 amide bonds. The Kier molecular flexibility index (Phi) is 8.17. The van der Waals surface area contributed by atoms with Gasteiger partial charge in [0.25, 0.3) is 0 Å². The van der Waals surface area contributed by atoms with Crippen molar-refractivity contribution in [3.05, 3.63) is 23.2 Å². The molecule has 0 fully saturated rings. The second kappa shape index (κ2) is 8.76. The Morgan fingerprint density at radius 3 is 2.60 bits per heavy atom. The highest BCUT2D eigenvalue weighted by Gasteiger charge is 2.14. The van der Waals surface area contributed by atoms with Gasteiger partial charge < -0.3 is 21.1 Å². The average Bonchev–Trinajstić information content (AvgIpc) is 2.33. The number of amides is 2. The lowest BCUT2D eigenvalue weighted by atomic mass is 10.2. The predicted octanol–water partition coefficient (Wildman–Crippen LogP) is 1.63. The Morgan fingerprint density at radius 2 is 2.05 bits per heavy atom. The highest BCUT2D eigenvalue weighted by Crippen LogP contribution is 2.25. The SMILES string of the molecule is COCC(N)C(=O)Nc1cc(NC(C)=O)ccc1Cl.Cl. The topological polar surface area (TPSA) is 93.4 Å². The fraction of sp³-hybridized carbons (Fsp3) is 0.333. The van der Waals surface area contributed by atoms with Crippen molar-refractivity contribution in [3.63, 3.8) is 0 Å². The molecule has 1 rings (SSSR count). The molecule has 0 aliphatic carbocycles. The minimum atomic E-state index is -0.787. The van der Waals surface area contributed by atoms with Crippen molar-refractivity contribution in [2.24, 2.45) is 5.73 Å². The van der Waals surface area contributed by atoms with E-state index in [0.717, 1.165) is 0 Å². The lowest BCUT2D eigenvalue weighted by Gasteiger charge is -2.13. The summed E-state index contributed by atoms with van der Waals surface area (Å²) < 4.78 is 4.79. The Hall–Kier alpha value is -1.34. The van der Waals surface area contributed by atoms with E-state index >= 15 is 0 Å². The van der Waals surface area contributed by atoms with Crippen LogP contribution in [0.15, 0.2) is 18.2 Å². The second-order valence-corrected chi connectivity index (χ2v) is 4.33. The number of carbonyl (C=O) groups excluding carboxylic acids is 2. The molecule has 0 heterocycles. The number of benzene rings is 1. The Morgan fingerprint density at radius 1 is 1.40 bits per heavy atom. The van der Waals surface area contributed by atoms with Gasteiger partial charge in [0, 0.05) is 19.7 Å². The molecular formula is C12H17Cl2N3O3. The van der Waals surface area contributed by atoms with Crippen LogP contribution in [0.5, 0.6) is 0 Å². The lowest BCUT2D eigenvalue weighted by Crippen LogP contribution is -2.39. The largest absolute Gasteiger partial charge is 0.383 e. The minimum Gasteiger partial charge on any atom is -0.383 e. The first-order valence-electron chi connectivity index (χ1n) is 5.56. The number of nitrogens with one attached hydrogen (secondary N) is 2. The molecule has 1 aromatic carbocycles. The van der Waals surface area contributed by atoms with Gasteiger partial charge >= 0.3 is 0 Å². The zero-order valence-corrected chi connectivity index (χ0v) is 12.7. The number of halogens is 2. The molecule has 1 unspecified atom stereocenters. The molecule has 0 aliphatic heterocycles. The van der Waals surface area contributed by atoms with Gasteiger partial charge in [-0.05, 0) is 18.2 Å². The summed E-state index contributed by atoms with van der Waals surface area (Å²) in [6.07, 6.45) is 0. The monoisotopic (exact) mass is 321 g/mol. The molecule has 0 bridgehead atoms. The van der Waals surface area contributed by atoms with Crippen LogP contribution in [-0.4, -0.2) is 31.6 Å². The number of nitrogens with two attached hydrogens (primary N) is 1. The number of carbonyl (C=O) groups is 2. The zero-order chi connectivity index (χ0) is 14.4. The van der Waals surface area contributed by atoms with Crippen molar-refractivity contribution in [1.29, 1.82) is 0 Å². The third kappa shape index (κ3) is 5.75. The van der Waals surface area contributed by atoms with Crippen molar-refractivity contribution in [1.82, 2.24) is 0 Å². The van der Waals surface area contributed by atoms with E-state index in [-0.39, 0.29) is 24.9 Å². The maximum Gasteiger partial charge on any atom is 0.243 e. The van der Waals surface area contributed by atoms with Crippen LogP contribution in [-0.2, 0) is 14.3 Å². The van der Waals surface area contributed by atoms with Crippen LogP contribution in [0.4, 0.5) is 11.4 Å². The quantitative estimate of drug-likeness (QED) is 0.768. The van der Waals surface area contributed by atoms with Crippen LogP contribution in [0.1, 0.15) is 6.92 Å². The van der Waals surface area contributed by atoms with Crippen LogP contribution in [0.2, 0.25) is 5.02 Å². The van der Waals surface area contributed by atoms with Gasteiger partial charge in [-0.1, -0.05) is 11.6 Å². The fourth-order valence-electron chi connectivity index (χ4n) is 1.38. The van der Waals surface area contributed by atoms with E-state index in [0.29, 0.717) is 16.4 Å². The van der Waals surface area contributed by atoms with E-state index in [9.17, 15) is 9.59 Å². The van der Waals surface area contributed by atoms with Gasteiger partial charge in [0.05, 0.1) is 17.3 Å². The molecule has 112 valence electrons. The maximum atomic E-state index is 11.7. The molecule has 0 spiro atoms. The van der Waals surface area contributed by atoms with Crippen molar-refractivity contribution < 1.29 is 14.3 Å². The third-order valence-corrected chi connectivity index (χ3v) is 2.56. The molecule has 0 aromatic heterocycles. The number of hydrogen-bond acceptors (Lipinski definition) is 4. The number of hydrogen-bond donors (Lipinski definition) is 3. The van der Waals surface area contributed by atoms with E-state index in [2.05, 4.69) is 10.6 Å². The predicted molar refractivity (Wildman–Crippen MR) is 81.5 cm³/mol. The highest BCUT2D eigenvalue weighted by atomic mass is 35.5. The average molecular weight is 322 g/mol. The van der Waals surface area contributed by atoms with E-state index in [1.807, 2.05) is 0 Å². The van der Waals surface area contributed by atoms with Crippen molar-refractivity contribution >= 4 is 47.2 Å². The van der Waals surface area contributed by atoms with Gasteiger partial charge in [-0.25, -0.2) is 0 Å². The number of ether oxygens (including phenoxy) is 1.